The summed E-state index contributed by atoms with van der Waals surface area (Å²) in [6, 6.07) is 14.2. The molecule has 0 aliphatic carbocycles. The quantitative estimate of drug-likeness (QED) is 0.430. The molecular weight excluding hydrogens is 450 g/mol. The highest BCUT2D eigenvalue weighted by molar-refractivity contribution is 5.91. The van der Waals surface area contributed by atoms with E-state index in [1.807, 2.05) is 42.6 Å². The van der Waals surface area contributed by atoms with Crippen molar-refractivity contribution in [1.82, 2.24) is 20.3 Å². The van der Waals surface area contributed by atoms with E-state index in [4.69, 9.17) is 14.2 Å². The van der Waals surface area contributed by atoms with E-state index in [1.54, 1.807) is 31.0 Å². The number of nitrogens with one attached hydrogen (secondary N) is 2. The molecule has 0 spiro atoms. The molecule has 4 rings (SSSR count). The number of rotatable bonds is 9. The van der Waals surface area contributed by atoms with Crippen molar-refractivity contribution in [2.45, 2.75) is 44.1 Å². The summed E-state index contributed by atoms with van der Waals surface area (Å²) < 4.78 is 18.6. The fourth-order valence-corrected chi connectivity index (χ4v) is 4.25. The van der Waals surface area contributed by atoms with E-state index in [-0.39, 0.29) is 24.8 Å². The van der Waals surface area contributed by atoms with E-state index in [9.17, 15) is 9.90 Å². The van der Waals surface area contributed by atoms with E-state index in [0.717, 1.165) is 23.4 Å². The Balaban J connectivity index is 1.29. The average Bonchev–Trinajstić information content (AvgIpc) is 3.37. The second-order valence-electron chi connectivity index (χ2n) is 8.32. The van der Waals surface area contributed by atoms with Gasteiger partial charge >= 0.3 is 6.03 Å². The normalized spacial score (nSPS) is 19.7. The third-order valence-corrected chi connectivity index (χ3v) is 6.07. The lowest BCUT2D eigenvalue weighted by atomic mass is 9.97. The molecule has 0 radical (unpaired) electrons. The molecule has 1 fully saturated rings. The van der Waals surface area contributed by atoms with Crippen molar-refractivity contribution in [3.05, 3.63) is 54.7 Å². The van der Waals surface area contributed by atoms with Crippen molar-refractivity contribution in [2.24, 2.45) is 0 Å². The van der Waals surface area contributed by atoms with Gasteiger partial charge in [-0.2, -0.15) is 0 Å². The molecule has 0 saturated carbocycles. The Morgan fingerprint density at radius 2 is 1.86 bits per heavy atom. The van der Waals surface area contributed by atoms with Crippen LogP contribution in [0.15, 0.2) is 54.7 Å². The van der Waals surface area contributed by atoms with Crippen molar-refractivity contribution in [3.63, 3.8) is 0 Å². The van der Waals surface area contributed by atoms with Gasteiger partial charge in [0.2, 0.25) is 0 Å². The molecule has 1 aliphatic rings. The number of amides is 2. The number of carbonyl (C=O) groups is 1. The van der Waals surface area contributed by atoms with Crippen LogP contribution in [0.2, 0.25) is 0 Å². The first kappa shape index (κ1) is 24.5. The van der Waals surface area contributed by atoms with Crippen LogP contribution in [0.5, 0.6) is 11.5 Å². The van der Waals surface area contributed by atoms with Gasteiger partial charge in [0.15, 0.2) is 0 Å². The molecule has 10 nitrogen and oxygen atoms in total. The number of methoxy groups -OCH3 is 2. The first-order chi connectivity index (χ1) is 17.1. The number of aryl methyl sites for hydroxylation is 1. The van der Waals surface area contributed by atoms with Crippen LogP contribution in [-0.4, -0.2) is 65.2 Å². The second-order valence-corrected chi connectivity index (χ2v) is 8.32. The van der Waals surface area contributed by atoms with Gasteiger partial charge in [-0.05, 0) is 43.5 Å². The SMILES string of the molecule is COc1ccccc1NC(=O)N[C@@H]1CC[C@@H](CCn2cc(-c3ccccc3OC)nn2)O[C@@H]1CO. The number of ether oxygens (including phenoxy) is 3. The number of urea groups is 1. The second kappa shape index (κ2) is 11.7. The predicted octanol–water partition coefficient (Wildman–Crippen LogP) is 3.08. The molecule has 1 aromatic heterocycles. The maximum Gasteiger partial charge on any atom is 0.319 e. The van der Waals surface area contributed by atoms with Crippen molar-refractivity contribution in [3.8, 4) is 22.8 Å². The summed E-state index contributed by atoms with van der Waals surface area (Å²) in [6.45, 7) is 0.439. The number of aromatic nitrogens is 3. The van der Waals surface area contributed by atoms with Crippen LogP contribution in [0.4, 0.5) is 10.5 Å². The monoisotopic (exact) mass is 481 g/mol. The minimum Gasteiger partial charge on any atom is -0.496 e. The molecule has 3 aromatic rings. The zero-order valence-corrected chi connectivity index (χ0v) is 19.9. The average molecular weight is 482 g/mol. The van der Waals surface area contributed by atoms with Crippen LogP contribution in [-0.2, 0) is 11.3 Å². The van der Waals surface area contributed by atoms with Gasteiger partial charge in [0.05, 0.1) is 44.9 Å². The Hall–Kier alpha value is -3.63. The Labute approximate surface area is 204 Å². The number of benzene rings is 2. The van der Waals surface area contributed by atoms with E-state index in [1.165, 1.54) is 0 Å². The van der Waals surface area contributed by atoms with Crippen LogP contribution in [0.1, 0.15) is 19.3 Å². The molecule has 3 atom stereocenters. The lowest BCUT2D eigenvalue weighted by Gasteiger charge is -2.36. The minimum absolute atomic E-state index is 0.0543. The molecule has 10 heteroatoms. The van der Waals surface area contributed by atoms with Crippen LogP contribution >= 0.6 is 0 Å². The van der Waals surface area contributed by atoms with Gasteiger partial charge in [0.25, 0.3) is 0 Å². The fraction of sp³-hybridized carbons (Fsp3) is 0.400. The zero-order chi connectivity index (χ0) is 24.6. The highest BCUT2D eigenvalue weighted by Gasteiger charge is 2.32. The van der Waals surface area contributed by atoms with Crippen molar-refractivity contribution < 1.29 is 24.1 Å². The number of para-hydroxylation sites is 3. The largest absolute Gasteiger partial charge is 0.496 e. The lowest BCUT2D eigenvalue weighted by molar-refractivity contribution is -0.0905. The zero-order valence-electron chi connectivity index (χ0n) is 19.9. The van der Waals surface area contributed by atoms with E-state index in [0.29, 0.717) is 30.8 Å². The molecule has 2 aromatic carbocycles. The number of aliphatic hydroxyl groups excluding tert-OH is 1. The summed E-state index contributed by atoms with van der Waals surface area (Å²) in [5.74, 6) is 1.32. The molecule has 0 unspecified atom stereocenters. The number of hydrogen-bond donors (Lipinski definition) is 3. The topological polar surface area (TPSA) is 120 Å². The molecule has 1 aliphatic heterocycles. The van der Waals surface area contributed by atoms with Crippen molar-refractivity contribution >= 4 is 11.7 Å². The number of aliphatic hydroxyl groups is 1. The number of anilines is 1. The summed E-state index contributed by atoms with van der Waals surface area (Å²) in [4.78, 5) is 12.5. The molecule has 2 heterocycles. The molecule has 186 valence electrons. The van der Waals surface area contributed by atoms with Crippen LogP contribution in [0, 0.1) is 0 Å². The van der Waals surface area contributed by atoms with E-state index >= 15 is 0 Å². The molecule has 35 heavy (non-hydrogen) atoms. The third-order valence-electron chi connectivity index (χ3n) is 6.07. The number of hydrogen-bond acceptors (Lipinski definition) is 7. The third kappa shape index (κ3) is 6.09. The van der Waals surface area contributed by atoms with Gasteiger partial charge in [-0.15, -0.1) is 5.10 Å². The van der Waals surface area contributed by atoms with Crippen LogP contribution in [0.3, 0.4) is 0 Å². The molecular formula is C25H31N5O5. The Kier molecular flexibility index (Phi) is 8.17. The Morgan fingerprint density at radius 1 is 1.11 bits per heavy atom. The Bertz CT molecular complexity index is 1120. The van der Waals surface area contributed by atoms with E-state index in [2.05, 4.69) is 20.9 Å². The standard InChI is InChI=1S/C25H31N5O5/c1-33-22-9-5-3-7-18(22)21-15-30(29-28-21)14-13-17-11-12-20(24(16-31)35-17)27-25(32)26-19-8-4-6-10-23(19)34-2/h3-10,15,17,20,24,31H,11-14,16H2,1-2H3,(H2,26,27,32)/t17-,20+,24+/m0/s1. The first-order valence-electron chi connectivity index (χ1n) is 11.6. The molecule has 3 N–H and O–H groups in total. The van der Waals surface area contributed by atoms with Crippen molar-refractivity contribution in [2.75, 3.05) is 26.1 Å². The van der Waals surface area contributed by atoms with Gasteiger partial charge in [-0.3, -0.25) is 4.68 Å². The summed E-state index contributed by atoms with van der Waals surface area (Å²) in [5.41, 5.74) is 2.20. The van der Waals surface area contributed by atoms with Gasteiger partial charge < -0.3 is 30.0 Å². The maximum absolute atomic E-state index is 12.5. The predicted molar refractivity (Wildman–Crippen MR) is 131 cm³/mol. The van der Waals surface area contributed by atoms with Crippen LogP contribution in [0.25, 0.3) is 11.3 Å². The minimum atomic E-state index is -0.489. The van der Waals surface area contributed by atoms with Crippen LogP contribution < -0.4 is 20.1 Å². The summed E-state index contributed by atoms with van der Waals surface area (Å²) in [5, 5.41) is 24.1. The summed E-state index contributed by atoms with van der Waals surface area (Å²) in [6.07, 6.45) is 3.50. The highest BCUT2D eigenvalue weighted by atomic mass is 16.5. The summed E-state index contributed by atoms with van der Waals surface area (Å²) >= 11 is 0. The lowest BCUT2D eigenvalue weighted by Crippen LogP contribution is -2.52. The fourth-order valence-electron chi connectivity index (χ4n) is 4.25. The van der Waals surface area contributed by atoms with Gasteiger partial charge in [-0.1, -0.05) is 29.5 Å². The maximum atomic E-state index is 12.5. The number of nitrogens with zero attached hydrogens (tertiary/aromatic N) is 3. The summed E-state index contributed by atoms with van der Waals surface area (Å²) in [7, 11) is 3.18. The molecule has 2 amide bonds. The first-order valence-corrected chi connectivity index (χ1v) is 11.6. The molecule has 0 bridgehead atoms. The highest BCUT2D eigenvalue weighted by Crippen LogP contribution is 2.28. The number of carbonyl (C=O) groups excluding carboxylic acids is 1. The van der Waals surface area contributed by atoms with E-state index < -0.39 is 6.10 Å². The Morgan fingerprint density at radius 3 is 2.63 bits per heavy atom. The van der Waals surface area contributed by atoms with Gasteiger partial charge in [0.1, 0.15) is 23.3 Å². The smallest absolute Gasteiger partial charge is 0.319 e. The van der Waals surface area contributed by atoms with Gasteiger partial charge in [0, 0.05) is 12.1 Å². The van der Waals surface area contributed by atoms with Gasteiger partial charge in [-0.25, -0.2) is 4.79 Å². The molecule has 1 saturated heterocycles. The van der Waals surface area contributed by atoms with Crippen molar-refractivity contribution in [1.29, 1.82) is 0 Å².